The van der Waals surface area contributed by atoms with Gasteiger partial charge in [-0.25, -0.2) is 23.1 Å². The molecule has 2 amide bonds. The average Bonchev–Trinajstić information content (AvgIpc) is 3.25. The van der Waals surface area contributed by atoms with Crippen molar-refractivity contribution in [3.63, 3.8) is 0 Å². The first-order chi connectivity index (χ1) is 17.0. The molecule has 17 heteroatoms. The van der Waals surface area contributed by atoms with E-state index in [1.165, 1.54) is 48.8 Å². The van der Waals surface area contributed by atoms with E-state index in [0.717, 1.165) is 16.2 Å². The highest BCUT2D eigenvalue weighted by Gasteiger charge is 2.53. The number of β-lactam (4-membered cyclic amide) rings is 1. The lowest BCUT2D eigenvalue weighted by atomic mass is 10.0. The number of nitrogens with zero attached hydrogens (tertiary/aromatic N) is 4. The highest BCUT2D eigenvalue weighted by Crippen LogP contribution is 2.40. The van der Waals surface area contributed by atoms with E-state index in [-0.39, 0.29) is 39.4 Å². The smallest absolute Gasteiger partial charge is 0.276 e. The zero-order chi connectivity index (χ0) is 26.2. The number of carboxylic acid groups (broad SMARTS) is 1. The van der Waals surface area contributed by atoms with Crippen LogP contribution in [0.25, 0.3) is 0 Å². The van der Waals surface area contributed by atoms with Crippen molar-refractivity contribution in [3.8, 4) is 0 Å². The molecule has 2 aliphatic rings. The molecule has 14 nitrogen and oxygen atoms in total. The Bertz CT molecular complexity index is 1400. The first-order valence-corrected chi connectivity index (χ1v) is 13.5. The van der Waals surface area contributed by atoms with Gasteiger partial charge in [0.25, 0.3) is 11.8 Å². The van der Waals surface area contributed by atoms with Crippen LogP contribution in [0.15, 0.2) is 51.2 Å². The number of pyridine rings is 1. The number of thiazole rings is 1. The van der Waals surface area contributed by atoms with Gasteiger partial charge in [-0.2, -0.15) is 0 Å². The number of carbonyl (C=O) groups excluding carboxylic acids is 3. The number of nitrogens with one attached hydrogen (secondary N) is 1. The summed E-state index contributed by atoms with van der Waals surface area (Å²) in [5.74, 6) is -2.71. The highest BCUT2D eigenvalue weighted by molar-refractivity contribution is 8.00. The minimum atomic E-state index is -3.88. The van der Waals surface area contributed by atoms with Crippen LogP contribution in [0, 0.1) is 0 Å². The SMILES string of the molecule is CO/N=C(\C(=O)N[C@@H]1C(=O)N2C(C(=O)[O-])=C(C[n+]3ccc(S(N)(=O)=O)cc3)CS[C@H]12)c1csc(N)n1. The van der Waals surface area contributed by atoms with Crippen LogP contribution in [0.3, 0.4) is 0 Å². The second-order valence-corrected chi connectivity index (χ2v) is 11.1. The second-order valence-electron chi connectivity index (χ2n) is 7.55. The van der Waals surface area contributed by atoms with Gasteiger partial charge in [0, 0.05) is 28.8 Å². The molecular formula is C19H19N7O7S3. The predicted octanol–water partition coefficient (Wildman–Crippen LogP) is -2.89. The molecule has 0 radical (unpaired) electrons. The fraction of sp³-hybridized carbons (Fsp3) is 0.263. The first-order valence-electron chi connectivity index (χ1n) is 10.0. The molecule has 4 heterocycles. The van der Waals surface area contributed by atoms with Crippen LogP contribution in [-0.4, -0.2) is 66.1 Å². The lowest BCUT2D eigenvalue weighted by molar-refractivity contribution is -0.689. The molecule has 0 aromatic carbocycles. The number of carboxylic acids is 1. The number of thioether (sulfide) groups is 1. The number of hydrogen-bond donors (Lipinski definition) is 3. The molecule has 2 atom stereocenters. The number of hydrogen-bond acceptors (Lipinski definition) is 12. The van der Waals surface area contributed by atoms with Gasteiger partial charge >= 0.3 is 0 Å². The number of anilines is 1. The topological polar surface area (TPSA) is 214 Å². The number of fused-ring (bicyclic) bond motifs is 1. The van der Waals surface area contributed by atoms with Crippen molar-refractivity contribution in [1.82, 2.24) is 15.2 Å². The summed E-state index contributed by atoms with van der Waals surface area (Å²) in [6.07, 6.45) is 2.86. The maximum Gasteiger partial charge on any atom is 0.276 e. The van der Waals surface area contributed by atoms with Gasteiger partial charge in [-0.05, 0) is 0 Å². The number of primary sulfonamides is 1. The molecule has 0 unspecified atom stereocenters. The Hall–Kier alpha value is -3.54. The van der Waals surface area contributed by atoms with Crippen LogP contribution < -0.4 is 25.9 Å². The van der Waals surface area contributed by atoms with E-state index in [9.17, 15) is 27.9 Å². The van der Waals surface area contributed by atoms with E-state index in [4.69, 9.17) is 15.7 Å². The van der Waals surface area contributed by atoms with Gasteiger partial charge in [-0.3, -0.25) is 14.5 Å². The summed E-state index contributed by atoms with van der Waals surface area (Å²) in [5, 5.41) is 24.3. The van der Waals surface area contributed by atoms with Crippen LogP contribution in [0.1, 0.15) is 5.69 Å². The van der Waals surface area contributed by atoms with Crippen LogP contribution >= 0.6 is 23.1 Å². The van der Waals surface area contributed by atoms with E-state index in [1.54, 1.807) is 4.57 Å². The van der Waals surface area contributed by atoms with Crippen LogP contribution in [0.4, 0.5) is 5.13 Å². The number of nitrogens with two attached hydrogens (primary N) is 2. The zero-order valence-electron chi connectivity index (χ0n) is 18.5. The summed E-state index contributed by atoms with van der Waals surface area (Å²) in [6.45, 7) is 0.0601. The normalized spacial score (nSPS) is 20.0. The summed E-state index contributed by atoms with van der Waals surface area (Å²) < 4.78 is 24.4. The van der Waals surface area contributed by atoms with E-state index >= 15 is 0 Å². The van der Waals surface area contributed by atoms with E-state index in [1.807, 2.05) is 0 Å². The minimum Gasteiger partial charge on any atom is -0.543 e. The molecule has 4 rings (SSSR count). The Kier molecular flexibility index (Phi) is 6.98. The molecule has 2 aromatic heterocycles. The lowest BCUT2D eigenvalue weighted by Gasteiger charge is -2.50. The Morgan fingerprint density at radius 1 is 1.39 bits per heavy atom. The number of nitrogen functional groups attached to an aromatic ring is 1. The molecule has 36 heavy (non-hydrogen) atoms. The molecule has 5 N–H and O–H groups in total. The fourth-order valence-electron chi connectivity index (χ4n) is 3.65. The molecule has 1 saturated heterocycles. The molecule has 2 aromatic rings. The van der Waals surface area contributed by atoms with Crippen molar-refractivity contribution in [1.29, 1.82) is 0 Å². The minimum absolute atomic E-state index is 0.0601. The number of aromatic nitrogens is 2. The average molecular weight is 554 g/mol. The van der Waals surface area contributed by atoms with Crippen molar-refractivity contribution >= 4 is 61.7 Å². The summed E-state index contributed by atoms with van der Waals surface area (Å²) in [4.78, 5) is 47.4. The lowest BCUT2D eigenvalue weighted by Crippen LogP contribution is -2.71. The first kappa shape index (κ1) is 25.5. The van der Waals surface area contributed by atoms with Gasteiger partial charge in [0.2, 0.25) is 10.0 Å². The Morgan fingerprint density at radius 3 is 2.64 bits per heavy atom. The Balaban J connectivity index is 1.53. The summed E-state index contributed by atoms with van der Waals surface area (Å²) in [5.41, 5.74) is 5.67. The van der Waals surface area contributed by atoms with Gasteiger partial charge in [0.05, 0.1) is 16.6 Å². The molecule has 0 spiro atoms. The largest absolute Gasteiger partial charge is 0.543 e. The quantitative estimate of drug-likeness (QED) is 0.131. The summed E-state index contributed by atoms with van der Waals surface area (Å²) in [6, 6.07) is 1.55. The maximum absolute atomic E-state index is 12.9. The van der Waals surface area contributed by atoms with Crippen molar-refractivity contribution < 1.29 is 37.3 Å². The highest BCUT2D eigenvalue weighted by atomic mass is 32.2. The summed E-state index contributed by atoms with van der Waals surface area (Å²) in [7, 11) is -2.64. The molecule has 0 saturated carbocycles. The van der Waals surface area contributed by atoms with Crippen LogP contribution in [-0.2, 0) is 35.8 Å². The Morgan fingerprint density at radius 2 is 2.08 bits per heavy atom. The van der Waals surface area contributed by atoms with Gasteiger partial charge in [-0.15, -0.1) is 23.1 Å². The van der Waals surface area contributed by atoms with Crippen molar-refractivity contribution in [2.24, 2.45) is 10.3 Å². The van der Waals surface area contributed by atoms with Crippen molar-refractivity contribution in [2.75, 3.05) is 18.6 Å². The number of sulfonamides is 1. The van der Waals surface area contributed by atoms with E-state index < -0.39 is 39.2 Å². The van der Waals surface area contributed by atoms with E-state index in [0.29, 0.717) is 5.57 Å². The standard InChI is InChI=1S/C19H19N7O7S3/c1-33-24-12(11-8-35-19(20)22-11)15(27)23-13-16(28)26-14(18(29)30)9(7-34-17(13)26)6-25-4-2-10(3-5-25)36(21,31)32/h2-5,8,13,17H,6-7H2,1H3,(H5-,20,21,22,23,27,29,30,31,32)/b24-12-/t13-,17-/m1/s1. The molecule has 2 aliphatic heterocycles. The number of aliphatic carboxylic acids is 1. The molecule has 190 valence electrons. The van der Waals surface area contributed by atoms with Crippen LogP contribution in [0.5, 0.6) is 0 Å². The summed E-state index contributed by atoms with van der Waals surface area (Å²) >= 11 is 2.35. The predicted molar refractivity (Wildman–Crippen MR) is 125 cm³/mol. The molecule has 1 fully saturated rings. The number of rotatable bonds is 8. The second kappa shape index (κ2) is 9.84. The third kappa shape index (κ3) is 4.90. The van der Waals surface area contributed by atoms with Gasteiger partial charge in [0.15, 0.2) is 29.8 Å². The van der Waals surface area contributed by atoms with Crippen molar-refractivity contribution in [3.05, 3.63) is 46.9 Å². The van der Waals surface area contributed by atoms with Gasteiger partial charge < -0.3 is 25.8 Å². The fourth-order valence-corrected chi connectivity index (χ4v) is 6.04. The maximum atomic E-state index is 12.9. The molecule has 0 aliphatic carbocycles. The number of oxime groups is 1. The van der Waals surface area contributed by atoms with Gasteiger partial charge in [-0.1, -0.05) is 5.16 Å². The number of amides is 2. The third-order valence-electron chi connectivity index (χ3n) is 5.25. The van der Waals surface area contributed by atoms with Gasteiger partial charge in [0.1, 0.15) is 24.2 Å². The molecular weight excluding hydrogens is 534 g/mol. The molecule has 0 bridgehead atoms. The monoisotopic (exact) mass is 553 g/mol. The van der Waals surface area contributed by atoms with Crippen molar-refractivity contribution in [2.45, 2.75) is 22.9 Å². The van der Waals surface area contributed by atoms with Crippen LogP contribution in [0.2, 0.25) is 0 Å². The third-order valence-corrected chi connectivity index (χ3v) is 8.19. The zero-order valence-corrected chi connectivity index (χ0v) is 20.9. The number of carbonyl (C=O) groups is 3. The van der Waals surface area contributed by atoms with E-state index in [2.05, 4.69) is 15.5 Å². The Labute approximate surface area is 212 Å².